The highest BCUT2D eigenvalue weighted by atomic mass is 127. The van der Waals surface area contributed by atoms with Crippen molar-refractivity contribution in [2.24, 2.45) is 16.7 Å². The van der Waals surface area contributed by atoms with Crippen LogP contribution in [0.2, 0.25) is 0 Å². The Kier molecular flexibility index (Phi) is 3.77. The van der Waals surface area contributed by atoms with Crippen molar-refractivity contribution in [3.05, 3.63) is 10.2 Å². The van der Waals surface area contributed by atoms with E-state index >= 15 is 0 Å². The first-order valence-corrected chi connectivity index (χ1v) is 2.86. The minimum atomic E-state index is 0.342. The van der Waals surface area contributed by atoms with Crippen LogP contribution in [-0.4, -0.2) is 5.84 Å². The zero-order valence-corrected chi connectivity index (χ0v) is 5.79. The molecule has 0 saturated heterocycles. The van der Waals surface area contributed by atoms with Crippen LogP contribution in [0.5, 0.6) is 0 Å². The van der Waals surface area contributed by atoms with E-state index in [0.29, 0.717) is 5.84 Å². The van der Waals surface area contributed by atoms with Crippen molar-refractivity contribution in [3.8, 4) is 0 Å². The van der Waals surface area contributed by atoms with Crippen LogP contribution in [0.1, 0.15) is 0 Å². The lowest BCUT2D eigenvalue weighted by Gasteiger charge is -1.80. The molecular formula is C3H6IN3. The highest BCUT2D eigenvalue weighted by Gasteiger charge is 1.73. The van der Waals surface area contributed by atoms with Crippen LogP contribution in [0.4, 0.5) is 0 Å². The second-order valence-electron chi connectivity index (χ2n) is 0.847. The van der Waals surface area contributed by atoms with Crippen molar-refractivity contribution in [3.63, 3.8) is 0 Å². The summed E-state index contributed by atoms with van der Waals surface area (Å²) in [6, 6.07) is 0. The van der Waals surface area contributed by atoms with Crippen molar-refractivity contribution in [2.75, 3.05) is 0 Å². The summed E-state index contributed by atoms with van der Waals surface area (Å²) in [4.78, 5) is 0. The molecule has 0 aromatic carbocycles. The fourth-order valence-electron chi connectivity index (χ4n) is 0.108. The molecule has 0 spiro atoms. The summed E-state index contributed by atoms with van der Waals surface area (Å²) >= 11 is 2.03. The van der Waals surface area contributed by atoms with Gasteiger partial charge in [-0.15, -0.1) is 0 Å². The number of halogens is 1. The van der Waals surface area contributed by atoms with Crippen molar-refractivity contribution in [1.82, 2.24) is 0 Å². The summed E-state index contributed by atoms with van der Waals surface area (Å²) in [5.74, 6) is 5.11. The summed E-state index contributed by atoms with van der Waals surface area (Å²) < 4.78 is 1.74. The Morgan fingerprint density at radius 1 is 1.71 bits per heavy atom. The second-order valence-corrected chi connectivity index (χ2v) is 1.57. The summed E-state index contributed by atoms with van der Waals surface area (Å²) in [5.41, 5.74) is 5.12. The molecule has 0 saturated carbocycles. The van der Waals surface area contributed by atoms with Gasteiger partial charge in [0.15, 0.2) is 0 Å². The molecule has 3 nitrogen and oxygen atoms in total. The average molecular weight is 211 g/mol. The Morgan fingerprint density at radius 2 is 2.29 bits per heavy atom. The van der Waals surface area contributed by atoms with Gasteiger partial charge in [-0.2, -0.15) is 5.10 Å². The largest absolute Gasteiger partial charge is 0.382 e. The molecule has 7 heavy (non-hydrogen) atoms. The van der Waals surface area contributed by atoms with Gasteiger partial charge < -0.3 is 11.6 Å². The summed E-state index contributed by atoms with van der Waals surface area (Å²) in [5, 5.41) is 3.18. The standard InChI is InChI=1S/C3H6IN3/c4-2-1-3(5)7-6/h1-2H,6H2,(H2,5,7)/b2-1-. The maximum Gasteiger partial charge on any atom is 0.143 e. The molecule has 0 aliphatic rings. The van der Waals surface area contributed by atoms with E-state index in [1.165, 1.54) is 0 Å². The average Bonchev–Trinajstić information content (AvgIpc) is 1.68. The number of hydrogen-bond acceptors (Lipinski definition) is 2. The number of hydrazone groups is 1. The molecule has 0 aromatic rings. The third-order valence-corrected chi connectivity index (χ3v) is 0.742. The molecule has 0 atom stereocenters. The Labute approximate surface area is 55.6 Å². The van der Waals surface area contributed by atoms with E-state index in [4.69, 9.17) is 11.6 Å². The van der Waals surface area contributed by atoms with Gasteiger partial charge in [0, 0.05) is 0 Å². The number of hydrogen-bond donors (Lipinski definition) is 2. The third kappa shape index (κ3) is 3.57. The van der Waals surface area contributed by atoms with Crippen LogP contribution in [-0.2, 0) is 0 Å². The maximum atomic E-state index is 5.12. The smallest absolute Gasteiger partial charge is 0.143 e. The molecule has 0 aliphatic carbocycles. The first kappa shape index (κ1) is 6.74. The van der Waals surface area contributed by atoms with Crippen molar-refractivity contribution >= 4 is 28.4 Å². The number of rotatable bonds is 1. The van der Waals surface area contributed by atoms with E-state index in [0.717, 1.165) is 0 Å². The van der Waals surface area contributed by atoms with E-state index in [-0.39, 0.29) is 0 Å². The lowest BCUT2D eigenvalue weighted by molar-refractivity contribution is 1.24. The highest BCUT2D eigenvalue weighted by molar-refractivity contribution is 14.1. The van der Waals surface area contributed by atoms with Gasteiger partial charge in [-0.3, -0.25) is 0 Å². The molecule has 0 aromatic heterocycles. The Balaban J connectivity index is 3.58. The van der Waals surface area contributed by atoms with E-state index in [1.54, 1.807) is 10.2 Å². The summed E-state index contributed by atoms with van der Waals surface area (Å²) in [6.07, 6.45) is 1.61. The van der Waals surface area contributed by atoms with Crippen molar-refractivity contribution in [2.45, 2.75) is 0 Å². The summed E-state index contributed by atoms with van der Waals surface area (Å²) in [6.45, 7) is 0. The van der Waals surface area contributed by atoms with Gasteiger partial charge in [-0.05, 0) is 10.2 Å². The van der Waals surface area contributed by atoms with E-state index in [1.807, 2.05) is 22.6 Å². The molecule has 0 fully saturated rings. The molecule has 0 amide bonds. The lowest BCUT2D eigenvalue weighted by atomic mass is 10.6. The van der Waals surface area contributed by atoms with Crippen LogP contribution in [0.15, 0.2) is 15.3 Å². The predicted octanol–water partition coefficient (Wildman–Crippen LogP) is 0.166. The van der Waals surface area contributed by atoms with Crippen LogP contribution >= 0.6 is 22.6 Å². The fraction of sp³-hybridized carbons (Fsp3) is 0. The fourth-order valence-corrected chi connectivity index (χ4v) is 0.476. The zero-order valence-electron chi connectivity index (χ0n) is 3.63. The normalized spacial score (nSPS) is 13.0. The molecule has 0 bridgehead atoms. The van der Waals surface area contributed by atoms with Gasteiger partial charge in [-0.1, -0.05) is 22.6 Å². The maximum absolute atomic E-state index is 5.12. The van der Waals surface area contributed by atoms with Gasteiger partial charge in [0.1, 0.15) is 5.84 Å². The van der Waals surface area contributed by atoms with Gasteiger partial charge >= 0.3 is 0 Å². The molecule has 4 heteroatoms. The minimum absolute atomic E-state index is 0.342. The zero-order chi connectivity index (χ0) is 5.70. The van der Waals surface area contributed by atoms with Crippen LogP contribution in [0.25, 0.3) is 0 Å². The Morgan fingerprint density at radius 3 is 2.43 bits per heavy atom. The van der Waals surface area contributed by atoms with Gasteiger partial charge in [0.2, 0.25) is 0 Å². The van der Waals surface area contributed by atoms with Gasteiger partial charge in [0.25, 0.3) is 0 Å². The SMILES string of the molecule is N/N=C(N)\C=C/I. The predicted molar refractivity (Wildman–Crippen MR) is 39.0 cm³/mol. The molecule has 0 aliphatic heterocycles. The van der Waals surface area contributed by atoms with Crippen LogP contribution in [0, 0.1) is 0 Å². The van der Waals surface area contributed by atoms with E-state index in [9.17, 15) is 0 Å². The monoisotopic (exact) mass is 211 g/mol. The van der Waals surface area contributed by atoms with Crippen molar-refractivity contribution in [1.29, 1.82) is 0 Å². The topological polar surface area (TPSA) is 64.4 Å². The van der Waals surface area contributed by atoms with Crippen molar-refractivity contribution < 1.29 is 0 Å². The van der Waals surface area contributed by atoms with Crippen LogP contribution in [0.3, 0.4) is 0 Å². The Hall–Kier alpha value is -0.260. The number of nitrogens with zero attached hydrogens (tertiary/aromatic N) is 1. The quantitative estimate of drug-likeness (QED) is 0.213. The number of nitrogens with two attached hydrogens (primary N) is 2. The summed E-state index contributed by atoms with van der Waals surface area (Å²) in [7, 11) is 0. The molecule has 0 rings (SSSR count). The van der Waals surface area contributed by atoms with Gasteiger partial charge in [-0.25, -0.2) is 0 Å². The van der Waals surface area contributed by atoms with E-state index in [2.05, 4.69) is 5.10 Å². The molecule has 0 unspecified atom stereocenters. The lowest BCUT2D eigenvalue weighted by Crippen LogP contribution is -2.09. The third-order valence-electron chi connectivity index (χ3n) is 0.383. The molecule has 0 heterocycles. The minimum Gasteiger partial charge on any atom is -0.382 e. The molecule has 40 valence electrons. The molecular weight excluding hydrogens is 205 g/mol. The van der Waals surface area contributed by atoms with E-state index < -0.39 is 0 Å². The van der Waals surface area contributed by atoms with Crippen LogP contribution < -0.4 is 11.6 Å². The Bertz CT molecular complexity index is 96.4. The first-order valence-electron chi connectivity index (χ1n) is 1.61. The second kappa shape index (κ2) is 3.91. The first-order chi connectivity index (χ1) is 3.31. The number of amidine groups is 1. The molecule has 4 N–H and O–H groups in total. The van der Waals surface area contributed by atoms with Gasteiger partial charge in [0.05, 0.1) is 0 Å². The highest BCUT2D eigenvalue weighted by Crippen LogP contribution is 1.81. The molecule has 0 radical (unpaired) electrons.